The second-order valence-corrected chi connectivity index (χ2v) is 5.27. The number of carbonyl (C=O) groups is 1. The van der Waals surface area contributed by atoms with Crippen LogP contribution in [0.15, 0.2) is 0 Å². The Kier molecular flexibility index (Phi) is 3.07. The van der Waals surface area contributed by atoms with E-state index in [1.807, 2.05) is 11.8 Å². The number of H-pyrrole nitrogens is 1. The summed E-state index contributed by atoms with van der Waals surface area (Å²) < 4.78 is 5.32. The van der Waals surface area contributed by atoms with Gasteiger partial charge in [0.15, 0.2) is 0 Å². The predicted octanol–water partition coefficient (Wildman–Crippen LogP) is 1.03. The van der Waals surface area contributed by atoms with Gasteiger partial charge in [0.25, 0.3) is 0 Å². The molecule has 2 aliphatic rings. The van der Waals surface area contributed by atoms with E-state index in [9.17, 15) is 4.79 Å². The van der Waals surface area contributed by atoms with Gasteiger partial charge in [0.2, 0.25) is 5.91 Å². The fourth-order valence-corrected chi connectivity index (χ4v) is 2.76. The molecule has 0 radical (unpaired) electrons. The lowest BCUT2D eigenvalue weighted by molar-refractivity contribution is -0.133. The first-order valence-corrected chi connectivity index (χ1v) is 6.62. The monoisotopic (exact) mass is 249 g/mol. The number of ether oxygens (including phenoxy) is 1. The second kappa shape index (κ2) is 4.72. The van der Waals surface area contributed by atoms with Crippen LogP contribution >= 0.6 is 0 Å². The highest BCUT2D eigenvalue weighted by Crippen LogP contribution is 2.23. The molecule has 2 aliphatic heterocycles. The van der Waals surface area contributed by atoms with Crippen LogP contribution in [0, 0.1) is 12.8 Å². The molecule has 0 saturated carbocycles. The number of hydrogen-bond donors (Lipinski definition) is 1. The SMILES string of the molecule is Cc1[nH]nc2c1CN(C(=O)C[C@@H]1CCOC1)CC2. The van der Waals surface area contributed by atoms with E-state index in [2.05, 4.69) is 10.2 Å². The van der Waals surface area contributed by atoms with E-state index >= 15 is 0 Å². The average molecular weight is 249 g/mol. The summed E-state index contributed by atoms with van der Waals surface area (Å²) >= 11 is 0. The van der Waals surface area contributed by atoms with Crippen LogP contribution < -0.4 is 0 Å². The lowest BCUT2D eigenvalue weighted by atomic mass is 10.0. The van der Waals surface area contributed by atoms with Crippen molar-refractivity contribution in [3.8, 4) is 0 Å². The topological polar surface area (TPSA) is 58.2 Å². The second-order valence-electron chi connectivity index (χ2n) is 5.27. The van der Waals surface area contributed by atoms with E-state index in [0.717, 1.165) is 44.0 Å². The molecule has 1 amide bonds. The summed E-state index contributed by atoms with van der Waals surface area (Å²) in [6.45, 7) is 5.08. The van der Waals surface area contributed by atoms with Gasteiger partial charge in [0, 0.05) is 50.4 Å². The highest BCUT2D eigenvalue weighted by Gasteiger charge is 2.27. The minimum atomic E-state index is 0.261. The van der Waals surface area contributed by atoms with Crippen molar-refractivity contribution in [2.24, 2.45) is 5.92 Å². The first-order chi connectivity index (χ1) is 8.74. The highest BCUT2D eigenvalue weighted by molar-refractivity contribution is 5.76. The zero-order valence-electron chi connectivity index (χ0n) is 10.7. The largest absolute Gasteiger partial charge is 0.381 e. The Hall–Kier alpha value is -1.36. The Bertz CT molecular complexity index is 449. The fraction of sp³-hybridized carbons (Fsp3) is 0.692. The lowest BCUT2D eigenvalue weighted by Gasteiger charge is -2.27. The maximum atomic E-state index is 12.2. The molecule has 1 N–H and O–H groups in total. The standard InChI is InChI=1S/C13H19N3O2/c1-9-11-7-16(4-2-12(11)15-14-9)13(17)6-10-3-5-18-8-10/h10H,2-8H2,1H3,(H,14,15)/t10-/m0/s1. The van der Waals surface area contributed by atoms with E-state index < -0.39 is 0 Å². The molecule has 1 atom stereocenters. The van der Waals surface area contributed by atoms with Gasteiger partial charge < -0.3 is 9.64 Å². The van der Waals surface area contributed by atoms with Gasteiger partial charge >= 0.3 is 0 Å². The number of aromatic amines is 1. The minimum absolute atomic E-state index is 0.261. The number of carbonyl (C=O) groups excluding carboxylic acids is 1. The molecule has 18 heavy (non-hydrogen) atoms. The first kappa shape index (κ1) is 11.7. The number of aryl methyl sites for hydroxylation is 1. The molecule has 0 aromatic carbocycles. The number of aromatic nitrogens is 2. The molecule has 0 bridgehead atoms. The van der Waals surface area contributed by atoms with Crippen molar-refractivity contribution >= 4 is 5.91 Å². The van der Waals surface area contributed by atoms with Gasteiger partial charge in [-0.1, -0.05) is 0 Å². The van der Waals surface area contributed by atoms with Crippen LogP contribution in [0.5, 0.6) is 0 Å². The Morgan fingerprint density at radius 1 is 1.61 bits per heavy atom. The van der Waals surface area contributed by atoms with Gasteiger partial charge in [0.05, 0.1) is 5.69 Å². The molecule has 1 aromatic rings. The van der Waals surface area contributed by atoms with Crippen molar-refractivity contribution in [3.63, 3.8) is 0 Å². The molecule has 1 aromatic heterocycles. The molecule has 98 valence electrons. The van der Waals surface area contributed by atoms with Crippen LogP contribution in [0.25, 0.3) is 0 Å². The molecule has 5 heteroatoms. The van der Waals surface area contributed by atoms with E-state index in [-0.39, 0.29) is 5.91 Å². The minimum Gasteiger partial charge on any atom is -0.381 e. The number of nitrogens with zero attached hydrogens (tertiary/aromatic N) is 2. The Morgan fingerprint density at radius 3 is 3.28 bits per heavy atom. The maximum absolute atomic E-state index is 12.2. The number of hydrogen-bond acceptors (Lipinski definition) is 3. The first-order valence-electron chi connectivity index (χ1n) is 6.62. The molecule has 0 aliphatic carbocycles. The smallest absolute Gasteiger partial charge is 0.223 e. The third-order valence-corrected chi connectivity index (χ3v) is 3.97. The van der Waals surface area contributed by atoms with Crippen LogP contribution in [-0.2, 0) is 22.5 Å². The molecular weight excluding hydrogens is 230 g/mol. The van der Waals surface area contributed by atoms with Gasteiger partial charge in [-0.3, -0.25) is 9.89 Å². The van der Waals surface area contributed by atoms with Crippen LogP contribution in [0.3, 0.4) is 0 Å². The van der Waals surface area contributed by atoms with Crippen LogP contribution in [0.2, 0.25) is 0 Å². The van der Waals surface area contributed by atoms with Crippen molar-refractivity contribution in [2.45, 2.75) is 32.7 Å². The van der Waals surface area contributed by atoms with E-state index in [1.54, 1.807) is 0 Å². The molecule has 0 spiro atoms. The predicted molar refractivity (Wildman–Crippen MR) is 66.0 cm³/mol. The molecule has 3 rings (SSSR count). The van der Waals surface area contributed by atoms with E-state index in [0.29, 0.717) is 18.9 Å². The molecule has 5 nitrogen and oxygen atoms in total. The summed E-state index contributed by atoms with van der Waals surface area (Å²) in [4.78, 5) is 14.2. The summed E-state index contributed by atoms with van der Waals surface area (Å²) in [6, 6.07) is 0. The highest BCUT2D eigenvalue weighted by atomic mass is 16.5. The number of amides is 1. The molecular formula is C13H19N3O2. The Labute approximate surface area is 107 Å². The summed E-state index contributed by atoms with van der Waals surface area (Å²) in [5, 5.41) is 7.27. The molecule has 3 heterocycles. The van der Waals surface area contributed by atoms with Crippen molar-refractivity contribution < 1.29 is 9.53 Å². The quantitative estimate of drug-likeness (QED) is 0.851. The van der Waals surface area contributed by atoms with Crippen LogP contribution in [0.4, 0.5) is 0 Å². The molecule has 1 fully saturated rings. The summed E-state index contributed by atoms with van der Waals surface area (Å²) in [5.74, 6) is 0.682. The van der Waals surface area contributed by atoms with Gasteiger partial charge in [-0.05, 0) is 19.3 Å². The normalized spacial score (nSPS) is 23.2. The Morgan fingerprint density at radius 2 is 2.50 bits per heavy atom. The van der Waals surface area contributed by atoms with E-state index in [1.165, 1.54) is 5.56 Å². The summed E-state index contributed by atoms with van der Waals surface area (Å²) in [7, 11) is 0. The zero-order chi connectivity index (χ0) is 12.5. The summed E-state index contributed by atoms with van der Waals surface area (Å²) in [5.41, 5.74) is 3.42. The van der Waals surface area contributed by atoms with Crippen LogP contribution in [0.1, 0.15) is 29.8 Å². The van der Waals surface area contributed by atoms with E-state index in [4.69, 9.17) is 4.74 Å². The van der Waals surface area contributed by atoms with Crippen LogP contribution in [-0.4, -0.2) is 40.8 Å². The number of nitrogens with one attached hydrogen (secondary N) is 1. The maximum Gasteiger partial charge on any atom is 0.223 e. The van der Waals surface area contributed by atoms with Crippen molar-refractivity contribution in [2.75, 3.05) is 19.8 Å². The number of fused-ring (bicyclic) bond motifs is 1. The lowest BCUT2D eigenvalue weighted by Crippen LogP contribution is -2.36. The van der Waals surface area contributed by atoms with Crippen molar-refractivity contribution in [1.29, 1.82) is 0 Å². The number of rotatable bonds is 2. The average Bonchev–Trinajstić information content (AvgIpc) is 3.00. The van der Waals surface area contributed by atoms with Gasteiger partial charge in [0.1, 0.15) is 0 Å². The van der Waals surface area contributed by atoms with Crippen molar-refractivity contribution in [1.82, 2.24) is 15.1 Å². The zero-order valence-corrected chi connectivity index (χ0v) is 10.7. The summed E-state index contributed by atoms with van der Waals surface area (Å²) in [6.07, 6.45) is 2.52. The third kappa shape index (κ3) is 2.14. The van der Waals surface area contributed by atoms with Gasteiger partial charge in [-0.25, -0.2) is 0 Å². The molecule has 1 saturated heterocycles. The van der Waals surface area contributed by atoms with Gasteiger partial charge in [-0.15, -0.1) is 0 Å². The Balaban J connectivity index is 1.64. The van der Waals surface area contributed by atoms with Crippen molar-refractivity contribution in [3.05, 3.63) is 17.0 Å². The third-order valence-electron chi connectivity index (χ3n) is 3.97. The molecule has 0 unspecified atom stereocenters. The fourth-order valence-electron chi connectivity index (χ4n) is 2.76. The van der Waals surface area contributed by atoms with Gasteiger partial charge in [-0.2, -0.15) is 5.10 Å².